The molecule has 0 amide bonds. The largest absolute Gasteiger partial charge is 0.481 e. The predicted molar refractivity (Wildman–Crippen MR) is 63.3 cm³/mol. The van der Waals surface area contributed by atoms with E-state index in [1.54, 1.807) is 0 Å². The average Bonchev–Trinajstić information content (AvgIpc) is 2.21. The van der Waals surface area contributed by atoms with Gasteiger partial charge in [0.2, 0.25) is 0 Å². The van der Waals surface area contributed by atoms with Gasteiger partial charge in [-0.05, 0) is 15.9 Å². The normalized spacial score (nSPS) is 12.1. The van der Waals surface area contributed by atoms with Crippen molar-refractivity contribution in [2.75, 3.05) is 0 Å². The Kier molecular flexibility index (Phi) is 4.56. The molecule has 0 aliphatic carbocycles. The van der Waals surface area contributed by atoms with E-state index >= 15 is 0 Å². The molecule has 0 saturated heterocycles. The number of carboxylic acid groups (broad SMARTS) is 1. The number of carboxylic acids is 1. The summed E-state index contributed by atoms with van der Waals surface area (Å²) in [6, 6.07) is 0. The Balaban J connectivity index is 3.01. The lowest BCUT2D eigenvalue weighted by molar-refractivity contribution is -0.386. The molecule has 0 fully saturated rings. The zero-order valence-corrected chi connectivity index (χ0v) is 10.5. The van der Waals surface area contributed by atoms with Crippen molar-refractivity contribution < 1.29 is 19.9 Å². The van der Waals surface area contributed by atoms with E-state index in [1.807, 2.05) is 0 Å². The molecule has 2 N–H and O–H groups in total. The Morgan fingerprint density at radius 3 is 2.67 bits per heavy atom. The van der Waals surface area contributed by atoms with Crippen LogP contribution in [0.25, 0.3) is 0 Å². The monoisotopic (exact) mass is 320 g/mol. The Labute approximate surface area is 109 Å². The van der Waals surface area contributed by atoms with Crippen molar-refractivity contribution in [2.45, 2.75) is 19.1 Å². The van der Waals surface area contributed by atoms with Gasteiger partial charge in [-0.15, -0.1) is 0 Å². The summed E-state index contributed by atoms with van der Waals surface area (Å²) in [6.07, 6.45) is 0.521. The van der Waals surface area contributed by atoms with Gasteiger partial charge in [0, 0.05) is 12.7 Å². The molecule has 0 spiro atoms. The van der Waals surface area contributed by atoms with Gasteiger partial charge in [0.15, 0.2) is 0 Å². The number of aliphatic hydroxyl groups excluding tert-OH is 1. The number of hydrogen-bond acceptors (Lipinski definition) is 5. The third-order valence-corrected chi connectivity index (χ3v) is 2.61. The lowest BCUT2D eigenvalue weighted by Crippen LogP contribution is -2.21. The maximum Gasteiger partial charge on any atom is 0.333 e. The van der Waals surface area contributed by atoms with Crippen molar-refractivity contribution in [1.29, 1.82) is 0 Å². The maximum atomic E-state index is 11.4. The second kappa shape index (κ2) is 5.74. The molecule has 0 radical (unpaired) electrons. The zero-order valence-electron chi connectivity index (χ0n) is 8.95. The van der Waals surface area contributed by atoms with E-state index in [0.29, 0.717) is 0 Å². The van der Waals surface area contributed by atoms with Crippen molar-refractivity contribution in [1.82, 2.24) is 4.57 Å². The standard InChI is InChI=1S/C9H9BrN2O6/c10-6-3-11(2-5(13)1-8(14)15)4-7(9(6)16)12(17)18/h3-5,13H,1-2H2,(H,14,15). The van der Waals surface area contributed by atoms with E-state index in [1.165, 1.54) is 10.8 Å². The fraction of sp³-hybridized carbons (Fsp3) is 0.333. The van der Waals surface area contributed by atoms with E-state index in [-0.39, 0.29) is 11.0 Å². The molecular formula is C9H9BrN2O6. The van der Waals surface area contributed by atoms with Crippen LogP contribution < -0.4 is 5.43 Å². The van der Waals surface area contributed by atoms with Gasteiger partial charge < -0.3 is 14.8 Å². The maximum absolute atomic E-state index is 11.4. The van der Waals surface area contributed by atoms with E-state index in [2.05, 4.69) is 15.9 Å². The molecule has 9 heteroatoms. The molecule has 0 bridgehead atoms. The van der Waals surface area contributed by atoms with E-state index in [9.17, 15) is 24.8 Å². The van der Waals surface area contributed by atoms with Crippen molar-refractivity contribution in [3.63, 3.8) is 0 Å². The molecule has 1 atom stereocenters. The third-order valence-electron chi connectivity index (χ3n) is 2.05. The lowest BCUT2D eigenvalue weighted by atomic mass is 10.2. The van der Waals surface area contributed by atoms with Crippen LogP contribution >= 0.6 is 15.9 Å². The number of nitro groups is 1. The van der Waals surface area contributed by atoms with Crippen molar-refractivity contribution in [3.8, 4) is 0 Å². The fourth-order valence-electron chi connectivity index (χ4n) is 1.32. The van der Waals surface area contributed by atoms with Crippen LogP contribution in [0.15, 0.2) is 21.7 Å². The summed E-state index contributed by atoms with van der Waals surface area (Å²) in [5.74, 6) is -1.18. The number of nitrogens with zero attached hydrogens (tertiary/aromatic N) is 2. The second-order valence-electron chi connectivity index (χ2n) is 3.53. The van der Waals surface area contributed by atoms with Gasteiger partial charge in [0.25, 0.3) is 5.43 Å². The molecule has 1 aromatic rings. The lowest BCUT2D eigenvalue weighted by Gasteiger charge is -2.11. The Bertz CT molecular complexity index is 540. The number of aliphatic hydroxyl groups is 1. The Morgan fingerprint density at radius 2 is 2.17 bits per heavy atom. The van der Waals surface area contributed by atoms with Crippen LogP contribution in [0.5, 0.6) is 0 Å². The summed E-state index contributed by atoms with van der Waals surface area (Å²) in [7, 11) is 0. The van der Waals surface area contributed by atoms with Gasteiger partial charge in [-0.3, -0.25) is 19.7 Å². The topological polar surface area (TPSA) is 123 Å². The summed E-state index contributed by atoms with van der Waals surface area (Å²) in [5, 5.41) is 28.5. The average molecular weight is 321 g/mol. The first kappa shape index (κ1) is 14.3. The molecule has 0 aliphatic heterocycles. The second-order valence-corrected chi connectivity index (χ2v) is 4.38. The number of hydrogen-bond donors (Lipinski definition) is 2. The Hall–Kier alpha value is -1.74. The minimum atomic E-state index is -1.20. The van der Waals surface area contributed by atoms with Gasteiger partial charge in [0.05, 0.1) is 28.1 Å². The minimum absolute atomic E-state index is 0.0285. The molecule has 8 nitrogen and oxygen atoms in total. The van der Waals surface area contributed by atoms with Gasteiger partial charge in [-0.25, -0.2) is 0 Å². The number of aliphatic carboxylic acids is 1. The first-order valence-corrected chi connectivity index (χ1v) is 5.54. The van der Waals surface area contributed by atoms with Crippen LogP contribution in [0.4, 0.5) is 5.69 Å². The van der Waals surface area contributed by atoms with E-state index in [4.69, 9.17) is 5.11 Å². The summed E-state index contributed by atoms with van der Waals surface area (Å²) < 4.78 is 1.16. The summed E-state index contributed by atoms with van der Waals surface area (Å²) >= 11 is 2.87. The molecule has 0 aromatic carbocycles. The van der Waals surface area contributed by atoms with Gasteiger partial charge in [-0.1, -0.05) is 0 Å². The summed E-state index contributed by atoms with van der Waals surface area (Å²) in [4.78, 5) is 31.5. The van der Waals surface area contributed by atoms with Crippen LogP contribution in [-0.4, -0.2) is 31.8 Å². The van der Waals surface area contributed by atoms with Crippen LogP contribution in [-0.2, 0) is 11.3 Å². The minimum Gasteiger partial charge on any atom is -0.481 e. The Morgan fingerprint density at radius 1 is 1.56 bits per heavy atom. The summed E-state index contributed by atoms with van der Waals surface area (Å²) in [6.45, 7) is -0.161. The van der Waals surface area contributed by atoms with Crippen LogP contribution in [0.3, 0.4) is 0 Å². The van der Waals surface area contributed by atoms with Crippen LogP contribution in [0, 0.1) is 10.1 Å². The highest BCUT2D eigenvalue weighted by Gasteiger charge is 2.17. The van der Waals surface area contributed by atoms with Crippen LogP contribution in [0.2, 0.25) is 0 Å². The first-order chi connectivity index (χ1) is 8.31. The molecule has 1 unspecified atom stereocenters. The molecule has 98 valence electrons. The number of pyridine rings is 1. The highest BCUT2D eigenvalue weighted by Crippen LogP contribution is 2.11. The highest BCUT2D eigenvalue weighted by atomic mass is 79.9. The SMILES string of the molecule is O=C(O)CC(O)Cn1cc(Br)c(=O)c([N+](=O)[O-])c1. The molecule has 1 rings (SSSR count). The van der Waals surface area contributed by atoms with Crippen molar-refractivity contribution in [2.24, 2.45) is 0 Å². The molecule has 18 heavy (non-hydrogen) atoms. The number of rotatable bonds is 5. The quantitative estimate of drug-likeness (QED) is 0.596. The van der Waals surface area contributed by atoms with Gasteiger partial charge in [-0.2, -0.15) is 0 Å². The smallest absolute Gasteiger partial charge is 0.333 e. The zero-order chi connectivity index (χ0) is 13.9. The molecule has 0 aliphatic rings. The summed E-state index contributed by atoms with van der Waals surface area (Å²) in [5.41, 5.74) is -1.42. The molecule has 1 heterocycles. The highest BCUT2D eigenvalue weighted by molar-refractivity contribution is 9.10. The van der Waals surface area contributed by atoms with E-state index in [0.717, 1.165) is 6.20 Å². The number of carbonyl (C=O) groups is 1. The molecule has 0 saturated carbocycles. The van der Waals surface area contributed by atoms with Gasteiger partial charge in [0.1, 0.15) is 0 Å². The van der Waals surface area contributed by atoms with E-state index < -0.39 is 34.5 Å². The number of halogens is 1. The van der Waals surface area contributed by atoms with Gasteiger partial charge >= 0.3 is 11.7 Å². The van der Waals surface area contributed by atoms with Crippen LogP contribution in [0.1, 0.15) is 6.42 Å². The third kappa shape index (κ3) is 3.64. The first-order valence-electron chi connectivity index (χ1n) is 4.75. The number of aromatic nitrogens is 1. The molecule has 1 aromatic heterocycles. The predicted octanol–water partition coefficient (Wildman–Crippen LogP) is 0.355. The molecular weight excluding hydrogens is 312 g/mol. The van der Waals surface area contributed by atoms with Crippen molar-refractivity contribution in [3.05, 3.63) is 37.2 Å². The fourth-order valence-corrected chi connectivity index (χ4v) is 1.79. The van der Waals surface area contributed by atoms with Crippen molar-refractivity contribution >= 4 is 27.6 Å².